The average molecular weight is 352 g/mol. The number of rotatable bonds is 9. The third-order valence-corrected chi connectivity index (χ3v) is 2.99. The van der Waals surface area contributed by atoms with Crippen molar-refractivity contribution < 1.29 is 28.6 Å². The minimum absolute atomic E-state index is 0.0486. The van der Waals surface area contributed by atoms with Crippen LogP contribution in [-0.2, 0) is 14.3 Å². The van der Waals surface area contributed by atoms with Crippen molar-refractivity contribution in [1.29, 1.82) is 0 Å². The van der Waals surface area contributed by atoms with Gasteiger partial charge in [0.05, 0.1) is 5.56 Å². The second-order valence-corrected chi connectivity index (χ2v) is 5.07. The van der Waals surface area contributed by atoms with E-state index in [1.165, 1.54) is 36.3 Å². The number of amides is 1. The van der Waals surface area contributed by atoms with Crippen molar-refractivity contribution in [1.82, 2.24) is 10.4 Å². The van der Waals surface area contributed by atoms with Crippen molar-refractivity contribution in [2.24, 2.45) is 0 Å². The molecule has 0 fully saturated rings. The molecule has 1 aromatic rings. The molecule has 0 radical (unpaired) electrons. The minimum atomic E-state index is -0.559. The fourth-order valence-corrected chi connectivity index (χ4v) is 1.79. The smallest absolute Gasteiger partial charge is 0.424 e. The third kappa shape index (κ3) is 7.67. The number of nitrogens with one attached hydrogen (secondary N) is 1. The predicted molar refractivity (Wildman–Crippen MR) is 90.1 cm³/mol. The molecule has 0 aliphatic carbocycles. The number of esters is 2. The van der Waals surface area contributed by atoms with Crippen LogP contribution >= 0.6 is 0 Å². The summed E-state index contributed by atoms with van der Waals surface area (Å²) in [4.78, 5) is 34.7. The maximum Gasteiger partial charge on any atom is 0.424 e. The molecule has 1 aromatic carbocycles. The summed E-state index contributed by atoms with van der Waals surface area (Å²) in [5.74, 6) is -0.500. The molecule has 0 unspecified atom stereocenters. The fourth-order valence-electron chi connectivity index (χ4n) is 1.79. The zero-order valence-electron chi connectivity index (χ0n) is 14.7. The molecule has 0 spiro atoms. The maximum absolute atomic E-state index is 11.9. The highest BCUT2D eigenvalue weighted by Crippen LogP contribution is 2.14. The van der Waals surface area contributed by atoms with Crippen LogP contribution in [0.4, 0.5) is 4.79 Å². The Hall–Kier alpha value is -2.61. The van der Waals surface area contributed by atoms with Crippen molar-refractivity contribution in [2.75, 3.05) is 26.8 Å². The molecule has 0 bridgehead atoms. The van der Waals surface area contributed by atoms with Gasteiger partial charge >= 0.3 is 18.0 Å². The van der Waals surface area contributed by atoms with Gasteiger partial charge in [-0.05, 0) is 30.7 Å². The fraction of sp³-hybridized carbons (Fsp3) is 0.471. The van der Waals surface area contributed by atoms with Gasteiger partial charge in [-0.3, -0.25) is 4.79 Å². The molecule has 0 aliphatic rings. The molecule has 0 heterocycles. The quantitative estimate of drug-likeness (QED) is 0.315. The summed E-state index contributed by atoms with van der Waals surface area (Å²) in [6.45, 7) is 4.21. The zero-order chi connectivity index (χ0) is 18.7. The molecule has 25 heavy (non-hydrogen) atoms. The molecule has 138 valence electrons. The molecular weight excluding hydrogens is 328 g/mol. The molecule has 8 heteroatoms. The van der Waals surface area contributed by atoms with Gasteiger partial charge < -0.3 is 14.2 Å². The summed E-state index contributed by atoms with van der Waals surface area (Å²) in [5.41, 5.74) is 3.07. The second kappa shape index (κ2) is 11.0. The number of carbonyl (C=O) groups is 3. The van der Waals surface area contributed by atoms with Gasteiger partial charge in [0.1, 0.15) is 19.0 Å². The number of hydrogen-bond donors (Lipinski definition) is 1. The van der Waals surface area contributed by atoms with E-state index in [0.717, 1.165) is 0 Å². The van der Waals surface area contributed by atoms with Gasteiger partial charge in [0.2, 0.25) is 0 Å². The van der Waals surface area contributed by atoms with Crippen LogP contribution in [0.1, 0.15) is 37.0 Å². The zero-order valence-corrected chi connectivity index (χ0v) is 14.7. The Kier molecular flexibility index (Phi) is 9.02. The average Bonchev–Trinajstić information content (AvgIpc) is 2.59. The van der Waals surface area contributed by atoms with Gasteiger partial charge in [-0.2, -0.15) is 0 Å². The Bertz CT molecular complexity index is 573. The van der Waals surface area contributed by atoms with Crippen LogP contribution < -0.4 is 10.2 Å². The lowest BCUT2D eigenvalue weighted by Crippen LogP contribution is -2.40. The van der Waals surface area contributed by atoms with E-state index in [1.54, 1.807) is 0 Å². The Morgan fingerprint density at radius 1 is 1.04 bits per heavy atom. The van der Waals surface area contributed by atoms with Gasteiger partial charge in [-0.25, -0.2) is 20.0 Å². The van der Waals surface area contributed by atoms with E-state index in [-0.39, 0.29) is 19.2 Å². The summed E-state index contributed by atoms with van der Waals surface area (Å²) in [5, 5.41) is 1.21. The van der Waals surface area contributed by atoms with Crippen LogP contribution in [0, 0.1) is 0 Å². The summed E-state index contributed by atoms with van der Waals surface area (Å²) in [6.07, 6.45) is 0.486. The van der Waals surface area contributed by atoms with Crippen molar-refractivity contribution in [3.8, 4) is 5.75 Å². The number of hydrazine groups is 1. The third-order valence-electron chi connectivity index (χ3n) is 2.99. The molecule has 1 rings (SSSR count). The highest BCUT2D eigenvalue weighted by molar-refractivity contribution is 5.89. The maximum atomic E-state index is 11.9. The Balaban J connectivity index is 2.35. The van der Waals surface area contributed by atoms with E-state index in [4.69, 9.17) is 14.2 Å². The highest BCUT2D eigenvalue weighted by atomic mass is 16.6. The van der Waals surface area contributed by atoms with E-state index in [2.05, 4.69) is 5.43 Å². The van der Waals surface area contributed by atoms with Gasteiger partial charge in [0, 0.05) is 20.0 Å². The number of carbonyl (C=O) groups excluding carboxylic acids is 3. The molecule has 0 atom stereocenters. The molecule has 8 nitrogen and oxygen atoms in total. The summed E-state index contributed by atoms with van der Waals surface area (Å²) in [7, 11) is 1.53. The van der Waals surface area contributed by atoms with Crippen LogP contribution in [-0.4, -0.2) is 49.8 Å². The first-order valence-electron chi connectivity index (χ1n) is 8.09. The van der Waals surface area contributed by atoms with Gasteiger partial charge in [0.25, 0.3) is 0 Å². The van der Waals surface area contributed by atoms with Crippen molar-refractivity contribution in [2.45, 2.75) is 26.7 Å². The molecule has 0 aliphatic heterocycles. The number of benzene rings is 1. The Labute approximate surface area is 147 Å². The van der Waals surface area contributed by atoms with Crippen molar-refractivity contribution >= 4 is 18.0 Å². The number of ether oxygens (including phenoxy) is 3. The van der Waals surface area contributed by atoms with E-state index >= 15 is 0 Å². The molecule has 1 amide bonds. The molecule has 0 saturated carbocycles. The van der Waals surface area contributed by atoms with Crippen molar-refractivity contribution in [3.05, 3.63) is 29.8 Å². The van der Waals surface area contributed by atoms with E-state index in [1.807, 2.05) is 13.8 Å². The first-order chi connectivity index (χ1) is 12.0. The van der Waals surface area contributed by atoms with E-state index < -0.39 is 12.1 Å². The predicted octanol–water partition coefficient (Wildman–Crippen LogP) is 2.14. The normalized spacial score (nSPS) is 10.0. The van der Waals surface area contributed by atoms with E-state index in [9.17, 15) is 14.4 Å². The van der Waals surface area contributed by atoms with Gasteiger partial charge in [0.15, 0.2) is 0 Å². The highest BCUT2D eigenvalue weighted by Gasteiger charge is 2.11. The van der Waals surface area contributed by atoms with Crippen LogP contribution in [0.5, 0.6) is 5.75 Å². The number of hydrogen-bond acceptors (Lipinski definition) is 7. The lowest BCUT2D eigenvalue weighted by atomic mass is 10.2. The van der Waals surface area contributed by atoms with Crippen LogP contribution in [0.2, 0.25) is 0 Å². The first kappa shape index (κ1) is 20.4. The first-order valence-corrected chi connectivity index (χ1v) is 8.09. The van der Waals surface area contributed by atoms with Crippen LogP contribution in [0.3, 0.4) is 0 Å². The molecule has 0 saturated heterocycles. The monoisotopic (exact) mass is 352 g/mol. The summed E-state index contributed by atoms with van der Waals surface area (Å²) in [6, 6.07) is 6.05. The standard InChI is InChI=1S/C17H24N2O6/c1-4-6-15(20)25-14-9-7-13(8-10-14)16(21)23-11-12-24-17(22)19(3)18-5-2/h7-10,18H,4-6,11-12H2,1-3H3. The minimum Gasteiger partial charge on any atom is -0.458 e. The number of nitrogens with zero attached hydrogens (tertiary/aromatic N) is 1. The summed E-state index contributed by atoms with van der Waals surface area (Å²) >= 11 is 0. The lowest BCUT2D eigenvalue weighted by molar-refractivity contribution is -0.134. The van der Waals surface area contributed by atoms with Crippen LogP contribution in [0.25, 0.3) is 0 Å². The van der Waals surface area contributed by atoms with Gasteiger partial charge in [-0.1, -0.05) is 13.8 Å². The Morgan fingerprint density at radius 3 is 2.28 bits per heavy atom. The lowest BCUT2D eigenvalue weighted by Gasteiger charge is -2.16. The molecular formula is C17H24N2O6. The van der Waals surface area contributed by atoms with Crippen molar-refractivity contribution in [3.63, 3.8) is 0 Å². The second-order valence-electron chi connectivity index (χ2n) is 5.07. The topological polar surface area (TPSA) is 94.2 Å². The molecule has 0 aromatic heterocycles. The van der Waals surface area contributed by atoms with E-state index in [0.29, 0.717) is 30.7 Å². The Morgan fingerprint density at radius 2 is 1.68 bits per heavy atom. The van der Waals surface area contributed by atoms with Gasteiger partial charge in [-0.15, -0.1) is 0 Å². The summed E-state index contributed by atoms with van der Waals surface area (Å²) < 4.78 is 15.0. The SMILES string of the molecule is CCCC(=O)Oc1ccc(C(=O)OCCOC(=O)N(C)NCC)cc1. The van der Waals surface area contributed by atoms with Crippen LogP contribution in [0.15, 0.2) is 24.3 Å². The largest absolute Gasteiger partial charge is 0.458 e. The molecule has 1 N–H and O–H groups in total.